The summed E-state index contributed by atoms with van der Waals surface area (Å²) < 4.78 is 11.2. The molecular weight excluding hydrogens is 222 g/mol. The highest BCUT2D eigenvalue weighted by molar-refractivity contribution is 5.92. The van der Waals surface area contributed by atoms with Gasteiger partial charge in [-0.15, -0.1) is 0 Å². The van der Waals surface area contributed by atoms with Crippen LogP contribution in [0.3, 0.4) is 0 Å². The lowest BCUT2D eigenvalue weighted by Gasteiger charge is -2.11. The van der Waals surface area contributed by atoms with Crippen molar-refractivity contribution in [3.8, 4) is 5.75 Å². The molecule has 0 atom stereocenters. The van der Waals surface area contributed by atoms with Gasteiger partial charge in [0, 0.05) is 12.7 Å². The van der Waals surface area contributed by atoms with Crippen molar-refractivity contribution in [2.75, 3.05) is 13.7 Å². The molecular formula is C12H15NO4. The average Bonchev–Trinajstić information content (AvgIpc) is 2.32. The zero-order chi connectivity index (χ0) is 13.0. The summed E-state index contributed by atoms with van der Waals surface area (Å²) in [6, 6.07) is 1.52. The lowest BCUT2D eigenvalue weighted by atomic mass is 10.2. The van der Waals surface area contributed by atoms with Crippen molar-refractivity contribution < 1.29 is 14.3 Å². The molecule has 0 saturated heterocycles. The van der Waals surface area contributed by atoms with Gasteiger partial charge in [-0.3, -0.25) is 4.79 Å². The summed E-state index contributed by atoms with van der Waals surface area (Å²) in [7, 11) is 2.92. The lowest BCUT2D eigenvalue weighted by molar-refractivity contribution is 0.0522. The Labute approximate surface area is 99.3 Å². The molecule has 0 aliphatic heterocycles. The quantitative estimate of drug-likeness (QED) is 0.739. The normalized spacial score (nSPS) is 9.82. The Morgan fingerprint density at radius 2 is 2.24 bits per heavy atom. The maximum absolute atomic E-state index is 11.9. The number of hydrogen-bond donors (Lipinski definition) is 0. The minimum atomic E-state index is -0.579. The second kappa shape index (κ2) is 5.34. The van der Waals surface area contributed by atoms with Crippen molar-refractivity contribution in [2.45, 2.75) is 6.92 Å². The number of carbonyl (C=O) groups excluding carboxylic acids is 1. The van der Waals surface area contributed by atoms with E-state index < -0.39 is 11.5 Å². The van der Waals surface area contributed by atoms with Crippen LogP contribution in [0.15, 0.2) is 17.4 Å². The van der Waals surface area contributed by atoms with Crippen molar-refractivity contribution in [1.29, 1.82) is 0 Å². The highest BCUT2D eigenvalue weighted by Gasteiger charge is 2.19. The first-order valence-corrected chi connectivity index (χ1v) is 5.14. The van der Waals surface area contributed by atoms with Gasteiger partial charge in [-0.25, -0.2) is 4.79 Å². The molecule has 5 heteroatoms. The molecule has 1 heterocycles. The largest absolute Gasteiger partial charge is 0.490 e. The number of rotatable bonds is 4. The third-order valence-electron chi connectivity index (χ3n) is 2.33. The van der Waals surface area contributed by atoms with Gasteiger partial charge in [0.05, 0.1) is 13.7 Å². The van der Waals surface area contributed by atoms with Crippen LogP contribution in [0, 0.1) is 0 Å². The maximum Gasteiger partial charge on any atom is 0.342 e. The fourth-order valence-corrected chi connectivity index (χ4v) is 1.45. The van der Waals surface area contributed by atoms with Crippen molar-refractivity contribution in [3.63, 3.8) is 0 Å². The van der Waals surface area contributed by atoms with Gasteiger partial charge in [0.15, 0.2) is 5.75 Å². The molecule has 0 N–H and O–H groups in total. The summed E-state index contributed by atoms with van der Waals surface area (Å²) >= 11 is 0. The summed E-state index contributed by atoms with van der Waals surface area (Å²) in [5.74, 6) is -0.596. The molecule has 0 aliphatic carbocycles. The Kier molecular flexibility index (Phi) is 4.09. The SMILES string of the molecule is C=Cc1cc(C(=O)OCC)c(OC)c(=O)n1C. The summed E-state index contributed by atoms with van der Waals surface area (Å²) in [4.78, 5) is 23.6. The number of methoxy groups -OCH3 is 1. The molecule has 1 aromatic rings. The summed E-state index contributed by atoms with van der Waals surface area (Å²) in [5, 5.41) is 0. The number of hydrogen-bond acceptors (Lipinski definition) is 4. The third-order valence-corrected chi connectivity index (χ3v) is 2.33. The van der Waals surface area contributed by atoms with Crippen LogP contribution in [0.2, 0.25) is 0 Å². The molecule has 0 bridgehead atoms. The first kappa shape index (κ1) is 13.0. The monoisotopic (exact) mass is 237 g/mol. The fraction of sp³-hybridized carbons (Fsp3) is 0.333. The molecule has 0 spiro atoms. The third kappa shape index (κ3) is 2.38. The van der Waals surface area contributed by atoms with Gasteiger partial charge in [-0.2, -0.15) is 0 Å². The maximum atomic E-state index is 11.9. The van der Waals surface area contributed by atoms with Crippen LogP contribution in [-0.2, 0) is 11.8 Å². The van der Waals surface area contributed by atoms with E-state index in [1.165, 1.54) is 23.8 Å². The average molecular weight is 237 g/mol. The van der Waals surface area contributed by atoms with Crippen LogP contribution in [0.4, 0.5) is 0 Å². The molecule has 92 valence electrons. The standard InChI is InChI=1S/C12H15NO4/c1-5-8-7-9(12(15)17-6-2)10(16-4)11(14)13(8)3/h5,7H,1,6H2,2-4H3. The number of esters is 1. The van der Waals surface area contributed by atoms with E-state index in [0.717, 1.165) is 0 Å². The minimum absolute atomic E-state index is 0.0171. The van der Waals surface area contributed by atoms with E-state index in [9.17, 15) is 9.59 Å². The fourth-order valence-electron chi connectivity index (χ4n) is 1.45. The lowest BCUT2D eigenvalue weighted by Crippen LogP contribution is -2.24. The second-order valence-electron chi connectivity index (χ2n) is 3.30. The molecule has 1 aromatic heterocycles. The second-order valence-corrected chi connectivity index (χ2v) is 3.30. The van der Waals surface area contributed by atoms with Gasteiger partial charge in [0.1, 0.15) is 5.56 Å². The zero-order valence-corrected chi connectivity index (χ0v) is 10.1. The van der Waals surface area contributed by atoms with Gasteiger partial charge in [-0.05, 0) is 19.1 Å². The molecule has 1 rings (SSSR count). The van der Waals surface area contributed by atoms with E-state index in [2.05, 4.69) is 6.58 Å². The molecule has 0 fully saturated rings. The van der Waals surface area contributed by atoms with Crippen LogP contribution in [-0.4, -0.2) is 24.3 Å². The Morgan fingerprint density at radius 1 is 1.59 bits per heavy atom. The van der Waals surface area contributed by atoms with E-state index in [1.807, 2.05) is 0 Å². The number of ether oxygens (including phenoxy) is 2. The Hall–Kier alpha value is -2.04. The first-order chi connectivity index (χ1) is 8.06. The van der Waals surface area contributed by atoms with Crippen LogP contribution in [0.5, 0.6) is 5.75 Å². The highest BCUT2D eigenvalue weighted by atomic mass is 16.5. The molecule has 0 saturated carbocycles. The molecule has 0 aliphatic rings. The van der Waals surface area contributed by atoms with Crippen LogP contribution in [0.25, 0.3) is 6.08 Å². The number of pyridine rings is 1. The minimum Gasteiger partial charge on any atom is -0.490 e. The van der Waals surface area contributed by atoms with Crippen LogP contribution in [0.1, 0.15) is 23.0 Å². The molecule has 0 unspecified atom stereocenters. The van der Waals surface area contributed by atoms with E-state index in [4.69, 9.17) is 9.47 Å². The summed E-state index contributed by atoms with van der Waals surface area (Å²) in [6.07, 6.45) is 1.49. The van der Waals surface area contributed by atoms with Crippen molar-refractivity contribution in [1.82, 2.24) is 4.57 Å². The van der Waals surface area contributed by atoms with Gasteiger partial charge in [-0.1, -0.05) is 6.58 Å². The van der Waals surface area contributed by atoms with Gasteiger partial charge in [0.2, 0.25) is 0 Å². The molecule has 0 amide bonds. The predicted octanol–water partition coefficient (Wildman–Crippen LogP) is 1.21. The molecule has 17 heavy (non-hydrogen) atoms. The van der Waals surface area contributed by atoms with Crippen LogP contribution < -0.4 is 10.3 Å². The van der Waals surface area contributed by atoms with E-state index >= 15 is 0 Å². The topological polar surface area (TPSA) is 57.5 Å². The van der Waals surface area contributed by atoms with E-state index in [-0.39, 0.29) is 17.9 Å². The highest BCUT2D eigenvalue weighted by Crippen LogP contribution is 2.16. The van der Waals surface area contributed by atoms with Gasteiger partial charge in [0.25, 0.3) is 5.56 Å². The number of aromatic nitrogens is 1. The summed E-state index contributed by atoms with van der Waals surface area (Å²) in [6.45, 7) is 5.51. The number of nitrogens with zero attached hydrogens (tertiary/aromatic N) is 1. The van der Waals surface area contributed by atoms with Gasteiger partial charge >= 0.3 is 5.97 Å². The molecule has 0 aromatic carbocycles. The van der Waals surface area contributed by atoms with E-state index in [0.29, 0.717) is 5.69 Å². The molecule has 0 radical (unpaired) electrons. The van der Waals surface area contributed by atoms with Crippen molar-refractivity contribution in [2.24, 2.45) is 7.05 Å². The Morgan fingerprint density at radius 3 is 2.71 bits per heavy atom. The van der Waals surface area contributed by atoms with Crippen LogP contribution >= 0.6 is 0 Å². The Bertz CT molecular complexity index is 502. The number of carbonyl (C=O) groups is 1. The smallest absolute Gasteiger partial charge is 0.342 e. The Balaban J connectivity index is 3.48. The molecule has 5 nitrogen and oxygen atoms in total. The summed E-state index contributed by atoms with van der Waals surface area (Å²) in [5.41, 5.74) is 0.249. The van der Waals surface area contributed by atoms with E-state index in [1.54, 1.807) is 14.0 Å². The van der Waals surface area contributed by atoms with Crippen molar-refractivity contribution >= 4 is 12.0 Å². The first-order valence-electron chi connectivity index (χ1n) is 5.14. The predicted molar refractivity (Wildman–Crippen MR) is 64.3 cm³/mol. The zero-order valence-electron chi connectivity index (χ0n) is 10.1. The van der Waals surface area contributed by atoms with Crippen molar-refractivity contribution in [3.05, 3.63) is 34.3 Å². The van der Waals surface area contributed by atoms with Gasteiger partial charge < -0.3 is 14.0 Å².